The van der Waals surface area contributed by atoms with Gasteiger partial charge in [-0.2, -0.15) is 0 Å². The third kappa shape index (κ3) is 5.34. The van der Waals surface area contributed by atoms with Crippen molar-refractivity contribution in [2.45, 2.75) is 70.9 Å². The van der Waals surface area contributed by atoms with Gasteiger partial charge in [0.25, 0.3) is 0 Å². The Hall–Kier alpha value is -1.64. The van der Waals surface area contributed by atoms with E-state index < -0.39 is 0 Å². The summed E-state index contributed by atoms with van der Waals surface area (Å²) in [7, 11) is 2.01. The Balaban J connectivity index is 0.00000256. The zero-order chi connectivity index (χ0) is 20.2. The maximum absolute atomic E-state index is 5.00. The molecule has 1 saturated carbocycles. The second-order valence-corrected chi connectivity index (χ2v) is 8.63. The van der Waals surface area contributed by atoms with Crippen molar-refractivity contribution < 1.29 is 0 Å². The number of nitrogens with zero attached hydrogens (tertiary/aromatic N) is 5. The lowest BCUT2D eigenvalue weighted by Gasteiger charge is -2.29. The summed E-state index contributed by atoms with van der Waals surface area (Å²) in [5, 5.41) is 12.3. The van der Waals surface area contributed by atoms with Crippen LogP contribution in [0.5, 0.6) is 0 Å². The minimum atomic E-state index is 0. The van der Waals surface area contributed by atoms with Crippen LogP contribution in [0.4, 0.5) is 0 Å². The van der Waals surface area contributed by atoms with Crippen LogP contribution in [0.3, 0.4) is 0 Å². The van der Waals surface area contributed by atoms with E-state index in [1.54, 1.807) is 0 Å². The molecule has 0 bridgehead atoms. The van der Waals surface area contributed by atoms with Crippen molar-refractivity contribution in [1.82, 2.24) is 25.0 Å². The molecule has 30 heavy (non-hydrogen) atoms. The summed E-state index contributed by atoms with van der Waals surface area (Å²) < 4.78 is 2.03. The van der Waals surface area contributed by atoms with Crippen LogP contribution in [-0.4, -0.2) is 44.8 Å². The van der Waals surface area contributed by atoms with Gasteiger partial charge in [-0.05, 0) is 44.2 Å². The Morgan fingerprint density at radius 2 is 1.87 bits per heavy atom. The van der Waals surface area contributed by atoms with Gasteiger partial charge in [0.15, 0.2) is 11.8 Å². The molecule has 1 aromatic heterocycles. The van der Waals surface area contributed by atoms with Gasteiger partial charge in [-0.3, -0.25) is 0 Å². The van der Waals surface area contributed by atoms with Gasteiger partial charge < -0.3 is 14.8 Å². The lowest BCUT2D eigenvalue weighted by atomic mass is 9.94. The van der Waals surface area contributed by atoms with Gasteiger partial charge in [-0.1, -0.05) is 43.5 Å². The first kappa shape index (κ1) is 23.0. The fraction of sp³-hybridized carbons (Fsp3) is 0.609. The summed E-state index contributed by atoms with van der Waals surface area (Å²) in [5.41, 5.74) is 2.88. The van der Waals surface area contributed by atoms with E-state index in [1.807, 2.05) is 18.5 Å². The number of aromatic nitrogens is 3. The van der Waals surface area contributed by atoms with Crippen LogP contribution in [0.25, 0.3) is 0 Å². The van der Waals surface area contributed by atoms with Crippen molar-refractivity contribution in [3.05, 3.63) is 47.0 Å². The van der Waals surface area contributed by atoms with Crippen molar-refractivity contribution in [3.63, 3.8) is 0 Å². The van der Waals surface area contributed by atoms with Crippen LogP contribution in [0.1, 0.15) is 67.2 Å². The lowest BCUT2D eigenvalue weighted by Crippen LogP contribution is -2.45. The number of likely N-dealkylation sites (tertiary alicyclic amines) is 1. The highest BCUT2D eigenvalue weighted by atomic mass is 127. The number of benzene rings is 1. The monoisotopic (exact) mass is 522 g/mol. The number of aryl methyl sites for hydroxylation is 2. The number of nitrogens with one attached hydrogen (secondary N) is 1. The third-order valence-electron chi connectivity index (χ3n) is 6.61. The maximum atomic E-state index is 5.00. The van der Waals surface area contributed by atoms with Gasteiger partial charge in [0.05, 0.1) is 0 Å². The van der Waals surface area contributed by atoms with E-state index >= 15 is 0 Å². The van der Waals surface area contributed by atoms with Crippen LogP contribution in [0.2, 0.25) is 0 Å². The molecule has 2 aliphatic rings. The van der Waals surface area contributed by atoms with Crippen LogP contribution >= 0.6 is 24.0 Å². The molecule has 4 rings (SSSR count). The standard InChI is InChI=1S/C23H34N6.HI/c1-17-9-7-8-12-21(17)19-13-14-29(16-19)23(25-20-10-5-4-6-11-20)24-15-22-27-26-18(2)28(22)3;/h7-9,12,19-20H,4-6,10-11,13-16H2,1-3H3,(H,24,25);1H. The van der Waals surface area contributed by atoms with Crippen molar-refractivity contribution in [2.24, 2.45) is 12.0 Å². The summed E-state index contributed by atoms with van der Waals surface area (Å²) in [5.74, 6) is 3.47. The molecule has 0 radical (unpaired) electrons. The van der Waals surface area contributed by atoms with E-state index in [1.165, 1.54) is 49.7 Å². The van der Waals surface area contributed by atoms with E-state index in [0.29, 0.717) is 18.5 Å². The van der Waals surface area contributed by atoms with Crippen LogP contribution in [0.15, 0.2) is 29.3 Å². The first-order valence-corrected chi connectivity index (χ1v) is 11.1. The minimum absolute atomic E-state index is 0. The molecule has 7 heteroatoms. The predicted molar refractivity (Wildman–Crippen MR) is 132 cm³/mol. The molecule has 164 valence electrons. The molecule has 1 atom stereocenters. The second kappa shape index (κ2) is 10.6. The fourth-order valence-electron chi connectivity index (χ4n) is 4.65. The number of guanidine groups is 1. The van der Waals surface area contributed by atoms with Crippen LogP contribution in [0, 0.1) is 13.8 Å². The summed E-state index contributed by atoms with van der Waals surface area (Å²) in [6, 6.07) is 9.35. The minimum Gasteiger partial charge on any atom is -0.353 e. The summed E-state index contributed by atoms with van der Waals surface area (Å²) in [6.07, 6.45) is 7.67. The largest absolute Gasteiger partial charge is 0.353 e. The Morgan fingerprint density at radius 3 is 2.57 bits per heavy atom. The van der Waals surface area contributed by atoms with E-state index in [-0.39, 0.29) is 24.0 Å². The van der Waals surface area contributed by atoms with Gasteiger partial charge in [0, 0.05) is 32.1 Å². The lowest BCUT2D eigenvalue weighted by molar-refractivity contribution is 0.388. The zero-order valence-electron chi connectivity index (χ0n) is 18.5. The summed E-state index contributed by atoms with van der Waals surface area (Å²) in [6.45, 7) is 6.85. The zero-order valence-corrected chi connectivity index (χ0v) is 20.8. The van der Waals surface area contributed by atoms with E-state index in [9.17, 15) is 0 Å². The molecule has 1 saturated heterocycles. The highest BCUT2D eigenvalue weighted by molar-refractivity contribution is 14.0. The average molecular weight is 522 g/mol. The predicted octanol–water partition coefficient (Wildman–Crippen LogP) is 4.32. The van der Waals surface area contributed by atoms with Crippen LogP contribution in [-0.2, 0) is 13.6 Å². The molecule has 1 unspecified atom stereocenters. The smallest absolute Gasteiger partial charge is 0.194 e. The molecule has 1 N–H and O–H groups in total. The summed E-state index contributed by atoms with van der Waals surface area (Å²) >= 11 is 0. The molecule has 2 fully saturated rings. The number of aliphatic imine (C=N–C) groups is 1. The molecule has 1 aromatic carbocycles. The van der Waals surface area contributed by atoms with E-state index in [2.05, 4.69) is 51.6 Å². The molecule has 1 aliphatic heterocycles. The van der Waals surface area contributed by atoms with Crippen molar-refractivity contribution in [3.8, 4) is 0 Å². The highest BCUT2D eigenvalue weighted by Gasteiger charge is 2.28. The van der Waals surface area contributed by atoms with Gasteiger partial charge in [-0.25, -0.2) is 4.99 Å². The molecular formula is C23H35IN6. The van der Waals surface area contributed by atoms with Gasteiger partial charge in [0.2, 0.25) is 0 Å². The Morgan fingerprint density at radius 1 is 1.10 bits per heavy atom. The number of halogens is 1. The van der Waals surface area contributed by atoms with Crippen molar-refractivity contribution >= 4 is 29.9 Å². The fourth-order valence-corrected chi connectivity index (χ4v) is 4.65. The Kier molecular flexibility index (Phi) is 8.13. The van der Waals surface area contributed by atoms with E-state index in [0.717, 1.165) is 30.7 Å². The van der Waals surface area contributed by atoms with E-state index in [4.69, 9.17) is 4.99 Å². The summed E-state index contributed by atoms with van der Waals surface area (Å²) in [4.78, 5) is 7.46. The molecular weight excluding hydrogens is 487 g/mol. The van der Waals surface area contributed by atoms with Crippen molar-refractivity contribution in [2.75, 3.05) is 13.1 Å². The normalized spacial score (nSPS) is 20.3. The van der Waals surface area contributed by atoms with Crippen molar-refractivity contribution in [1.29, 1.82) is 0 Å². The highest BCUT2D eigenvalue weighted by Crippen LogP contribution is 2.29. The molecule has 0 amide bonds. The first-order valence-electron chi connectivity index (χ1n) is 11.1. The first-order chi connectivity index (χ1) is 14.1. The Bertz CT molecular complexity index is 855. The number of hydrogen-bond acceptors (Lipinski definition) is 3. The SMILES string of the molecule is Cc1ccccc1C1CCN(C(=NCc2nnc(C)n2C)NC2CCCCC2)C1.I. The third-order valence-corrected chi connectivity index (χ3v) is 6.61. The molecule has 2 aromatic rings. The van der Waals surface area contributed by atoms with Gasteiger partial charge in [-0.15, -0.1) is 34.2 Å². The number of rotatable bonds is 4. The van der Waals surface area contributed by atoms with Gasteiger partial charge in [0.1, 0.15) is 12.4 Å². The Labute approximate surface area is 197 Å². The number of hydrogen-bond donors (Lipinski definition) is 1. The molecule has 1 aliphatic carbocycles. The molecule has 2 heterocycles. The molecule has 0 spiro atoms. The average Bonchev–Trinajstić information content (AvgIpc) is 3.34. The second-order valence-electron chi connectivity index (χ2n) is 8.63. The van der Waals surface area contributed by atoms with Gasteiger partial charge >= 0.3 is 0 Å². The molecule has 6 nitrogen and oxygen atoms in total. The quantitative estimate of drug-likeness (QED) is 0.369. The topological polar surface area (TPSA) is 58.3 Å². The maximum Gasteiger partial charge on any atom is 0.194 e. The van der Waals surface area contributed by atoms with Crippen LogP contribution < -0.4 is 5.32 Å².